The second-order valence-electron chi connectivity index (χ2n) is 5.68. The lowest BCUT2D eigenvalue weighted by Gasteiger charge is -2.13. The van der Waals surface area contributed by atoms with Crippen LogP contribution in [0, 0.1) is 5.82 Å². The summed E-state index contributed by atoms with van der Waals surface area (Å²) in [4.78, 5) is 40.8. The summed E-state index contributed by atoms with van der Waals surface area (Å²) in [5.41, 5.74) is 1.26. The van der Waals surface area contributed by atoms with Gasteiger partial charge in [-0.1, -0.05) is 12.1 Å². The number of aromatic nitrogens is 2. The molecule has 1 aromatic heterocycles. The third kappa shape index (κ3) is 4.76. The van der Waals surface area contributed by atoms with E-state index < -0.39 is 23.8 Å². The molecule has 0 unspecified atom stereocenters. The van der Waals surface area contributed by atoms with E-state index in [4.69, 9.17) is 4.74 Å². The predicted octanol–water partition coefficient (Wildman–Crippen LogP) is 2.66. The van der Waals surface area contributed by atoms with Gasteiger partial charge in [0.1, 0.15) is 5.82 Å². The second kappa shape index (κ2) is 8.09. The number of hydrogen-bond acceptors (Lipinski definition) is 5. The monoisotopic (exact) mass is 389 g/mol. The minimum atomic E-state index is -1.03. The maximum Gasteiger partial charge on any atom is 0.323 e. The number of benzene rings is 2. The average molecular weight is 389 g/mol. The second-order valence-corrected chi connectivity index (χ2v) is 6.70. The number of carbonyl (C=O) groups excluding carboxylic acids is 2. The lowest BCUT2D eigenvalue weighted by Crippen LogP contribution is -2.30. The van der Waals surface area contributed by atoms with Crippen molar-refractivity contribution in [2.45, 2.75) is 17.9 Å². The van der Waals surface area contributed by atoms with Crippen molar-refractivity contribution in [3.63, 3.8) is 0 Å². The first-order chi connectivity index (χ1) is 12.9. The number of esters is 1. The molecule has 0 aliphatic heterocycles. The number of carbonyl (C=O) groups is 2. The van der Waals surface area contributed by atoms with E-state index in [9.17, 15) is 18.8 Å². The highest BCUT2D eigenvalue weighted by Crippen LogP contribution is 2.21. The molecular weight excluding hydrogens is 373 g/mol. The molecule has 27 heavy (non-hydrogen) atoms. The molecule has 9 heteroatoms. The van der Waals surface area contributed by atoms with E-state index in [1.807, 2.05) is 0 Å². The van der Waals surface area contributed by atoms with Gasteiger partial charge >= 0.3 is 11.7 Å². The Morgan fingerprint density at radius 3 is 2.70 bits per heavy atom. The molecule has 0 spiro atoms. The Bertz CT molecular complexity index is 1050. The van der Waals surface area contributed by atoms with Crippen LogP contribution in [0.4, 0.5) is 10.1 Å². The normalized spacial score (nSPS) is 11.9. The third-order valence-electron chi connectivity index (χ3n) is 3.64. The summed E-state index contributed by atoms with van der Waals surface area (Å²) in [6, 6.07) is 10.9. The van der Waals surface area contributed by atoms with Crippen molar-refractivity contribution >= 4 is 40.4 Å². The number of aromatic amines is 2. The van der Waals surface area contributed by atoms with Gasteiger partial charge in [0.15, 0.2) is 6.10 Å². The van der Waals surface area contributed by atoms with E-state index in [1.54, 1.807) is 36.4 Å². The van der Waals surface area contributed by atoms with Crippen molar-refractivity contribution in [1.29, 1.82) is 0 Å². The Balaban J connectivity index is 1.54. The molecule has 3 N–H and O–H groups in total. The summed E-state index contributed by atoms with van der Waals surface area (Å²) in [6.45, 7) is 1.44. The van der Waals surface area contributed by atoms with Crippen LogP contribution in [0.5, 0.6) is 0 Å². The van der Waals surface area contributed by atoms with Crippen LogP contribution in [0.25, 0.3) is 11.0 Å². The fraction of sp³-hybridized carbons (Fsp3) is 0.167. The summed E-state index contributed by atoms with van der Waals surface area (Å²) in [6.07, 6.45) is -1.03. The van der Waals surface area contributed by atoms with Crippen molar-refractivity contribution in [1.82, 2.24) is 9.97 Å². The quantitative estimate of drug-likeness (QED) is 0.444. The van der Waals surface area contributed by atoms with Crippen LogP contribution < -0.4 is 11.0 Å². The first kappa shape index (κ1) is 18.7. The number of anilines is 1. The minimum Gasteiger partial charge on any atom is -0.452 e. The maximum atomic E-state index is 13.5. The number of halogens is 1. The van der Waals surface area contributed by atoms with Gasteiger partial charge in [0.2, 0.25) is 0 Å². The summed E-state index contributed by atoms with van der Waals surface area (Å²) in [5.74, 6) is -1.68. The Hall–Kier alpha value is -3.07. The van der Waals surface area contributed by atoms with Crippen molar-refractivity contribution in [3.8, 4) is 0 Å². The highest BCUT2D eigenvalue weighted by Gasteiger charge is 2.18. The molecule has 0 radical (unpaired) electrons. The molecule has 0 aliphatic rings. The van der Waals surface area contributed by atoms with E-state index >= 15 is 0 Å². The first-order valence-electron chi connectivity index (χ1n) is 8.02. The zero-order valence-corrected chi connectivity index (χ0v) is 15.1. The van der Waals surface area contributed by atoms with Crippen LogP contribution >= 0.6 is 11.8 Å². The fourth-order valence-electron chi connectivity index (χ4n) is 2.34. The van der Waals surface area contributed by atoms with E-state index in [-0.39, 0.29) is 11.4 Å². The zero-order chi connectivity index (χ0) is 19.4. The topological polar surface area (TPSA) is 104 Å². The number of H-pyrrole nitrogens is 2. The number of rotatable bonds is 6. The molecule has 2 aromatic carbocycles. The highest BCUT2D eigenvalue weighted by atomic mass is 32.2. The van der Waals surface area contributed by atoms with Crippen LogP contribution in [0.3, 0.4) is 0 Å². The smallest absolute Gasteiger partial charge is 0.323 e. The fourth-order valence-corrected chi connectivity index (χ4v) is 3.06. The molecule has 0 saturated carbocycles. The van der Waals surface area contributed by atoms with Gasteiger partial charge in [0.05, 0.1) is 16.8 Å². The molecular formula is C18H16FN3O4S. The molecule has 0 aliphatic carbocycles. The van der Waals surface area contributed by atoms with E-state index in [2.05, 4.69) is 15.3 Å². The molecule has 1 heterocycles. The van der Waals surface area contributed by atoms with Gasteiger partial charge in [0.25, 0.3) is 5.91 Å². The predicted molar refractivity (Wildman–Crippen MR) is 100 cm³/mol. The first-order valence-corrected chi connectivity index (χ1v) is 9.00. The number of ether oxygens (including phenoxy) is 1. The van der Waals surface area contributed by atoms with Gasteiger partial charge < -0.3 is 20.0 Å². The van der Waals surface area contributed by atoms with Gasteiger partial charge in [-0.25, -0.2) is 9.18 Å². The number of thioether (sulfide) groups is 1. The summed E-state index contributed by atoms with van der Waals surface area (Å²) >= 11 is 0.998. The number of hydrogen-bond donors (Lipinski definition) is 3. The third-order valence-corrected chi connectivity index (χ3v) is 4.67. The molecule has 0 saturated heterocycles. The number of nitrogens with one attached hydrogen (secondary N) is 3. The van der Waals surface area contributed by atoms with Crippen molar-refractivity contribution < 1.29 is 18.7 Å². The summed E-state index contributed by atoms with van der Waals surface area (Å²) in [7, 11) is 0. The van der Waals surface area contributed by atoms with E-state index in [0.29, 0.717) is 21.6 Å². The molecule has 140 valence electrons. The number of amides is 1. The molecule has 0 bridgehead atoms. The molecule has 0 fully saturated rings. The van der Waals surface area contributed by atoms with Crippen molar-refractivity contribution in [2.75, 3.05) is 11.1 Å². The SMILES string of the molecule is C[C@@H](OC(=O)CSc1ccccc1F)C(=O)Nc1ccc2[nH]c(=O)[nH]c2c1. The molecule has 1 atom stereocenters. The summed E-state index contributed by atoms with van der Waals surface area (Å²) in [5, 5.41) is 2.61. The van der Waals surface area contributed by atoms with Gasteiger partial charge in [-0.15, -0.1) is 11.8 Å². The zero-order valence-electron chi connectivity index (χ0n) is 14.2. The van der Waals surface area contributed by atoms with Crippen molar-refractivity contribution in [3.05, 3.63) is 58.8 Å². The maximum absolute atomic E-state index is 13.5. The number of fused-ring (bicyclic) bond motifs is 1. The Morgan fingerprint density at radius 2 is 1.93 bits per heavy atom. The Labute approximate surface area is 157 Å². The van der Waals surface area contributed by atoms with Gasteiger partial charge in [-0.3, -0.25) is 9.59 Å². The standard InChI is InChI=1S/C18H16FN3O4S/c1-10(26-16(23)9-27-15-5-3-2-4-12(15)19)17(24)20-11-6-7-13-14(8-11)22-18(25)21-13/h2-8,10H,9H2,1H3,(H,20,24)(H2,21,22,25)/t10-/m1/s1. The van der Waals surface area contributed by atoms with Crippen LogP contribution in [-0.4, -0.2) is 33.7 Å². The highest BCUT2D eigenvalue weighted by molar-refractivity contribution is 8.00. The van der Waals surface area contributed by atoms with Crippen LogP contribution in [0.2, 0.25) is 0 Å². The van der Waals surface area contributed by atoms with Gasteiger partial charge in [-0.2, -0.15) is 0 Å². The van der Waals surface area contributed by atoms with Crippen LogP contribution in [0.1, 0.15) is 6.92 Å². The minimum absolute atomic E-state index is 0.116. The van der Waals surface area contributed by atoms with Gasteiger partial charge in [0, 0.05) is 10.6 Å². The van der Waals surface area contributed by atoms with Crippen molar-refractivity contribution in [2.24, 2.45) is 0 Å². The molecule has 1 amide bonds. The molecule has 3 aromatic rings. The van der Waals surface area contributed by atoms with Crippen LogP contribution in [-0.2, 0) is 14.3 Å². The Morgan fingerprint density at radius 1 is 1.19 bits per heavy atom. The lowest BCUT2D eigenvalue weighted by atomic mass is 10.2. The molecule has 7 nitrogen and oxygen atoms in total. The average Bonchev–Trinajstić information content (AvgIpc) is 3.00. The lowest BCUT2D eigenvalue weighted by molar-refractivity contribution is -0.150. The van der Waals surface area contributed by atoms with E-state index in [1.165, 1.54) is 13.0 Å². The largest absolute Gasteiger partial charge is 0.452 e. The number of imidazole rings is 1. The van der Waals surface area contributed by atoms with Gasteiger partial charge in [-0.05, 0) is 37.3 Å². The summed E-state index contributed by atoms with van der Waals surface area (Å²) < 4.78 is 18.6. The van der Waals surface area contributed by atoms with E-state index in [0.717, 1.165) is 11.8 Å². The van der Waals surface area contributed by atoms with Crippen LogP contribution in [0.15, 0.2) is 52.2 Å². The Kier molecular flexibility index (Phi) is 5.60. The molecule has 3 rings (SSSR count).